The van der Waals surface area contributed by atoms with Crippen LogP contribution in [0.2, 0.25) is 0 Å². The summed E-state index contributed by atoms with van der Waals surface area (Å²) in [4.78, 5) is 2.14. The maximum atomic E-state index is 10.0. The normalized spacial score (nSPS) is 21.5. The Morgan fingerprint density at radius 1 is 1.42 bits per heavy atom. The van der Waals surface area contributed by atoms with Gasteiger partial charge in [0.25, 0.3) is 0 Å². The number of hydrogen-bond donors (Lipinski definition) is 2. The minimum absolute atomic E-state index is 0.172. The largest absolute Gasteiger partial charge is 0.491 e. The molecule has 19 heavy (non-hydrogen) atoms. The lowest BCUT2D eigenvalue weighted by molar-refractivity contribution is 0.0531. The van der Waals surface area contributed by atoms with Gasteiger partial charge >= 0.3 is 0 Å². The average Bonchev–Trinajstić information content (AvgIpc) is 2.85. The lowest BCUT2D eigenvalue weighted by atomic mass is 10.2. The smallest absolute Gasteiger partial charge is 0.122 e. The van der Waals surface area contributed by atoms with Crippen molar-refractivity contribution in [1.29, 1.82) is 0 Å². The van der Waals surface area contributed by atoms with Crippen LogP contribution in [0.3, 0.4) is 0 Å². The fourth-order valence-corrected chi connectivity index (χ4v) is 2.57. The Kier molecular flexibility index (Phi) is 5.19. The summed E-state index contributed by atoms with van der Waals surface area (Å²) < 4.78 is 5.64. The van der Waals surface area contributed by atoms with Crippen molar-refractivity contribution in [1.82, 2.24) is 4.90 Å². The molecule has 106 valence electrons. The van der Waals surface area contributed by atoms with Crippen LogP contribution in [0.15, 0.2) is 24.3 Å². The molecule has 0 saturated carbocycles. The lowest BCUT2D eigenvalue weighted by Crippen LogP contribution is -2.40. The van der Waals surface area contributed by atoms with E-state index in [-0.39, 0.29) is 12.6 Å². The Balaban J connectivity index is 1.78. The Morgan fingerprint density at radius 3 is 2.95 bits per heavy atom. The molecule has 0 spiro atoms. The van der Waals surface area contributed by atoms with Crippen LogP contribution in [0.1, 0.15) is 18.4 Å². The third kappa shape index (κ3) is 3.93. The molecule has 1 aliphatic rings. The van der Waals surface area contributed by atoms with Gasteiger partial charge < -0.3 is 14.9 Å². The molecule has 0 radical (unpaired) electrons. The van der Waals surface area contributed by atoms with E-state index < -0.39 is 6.10 Å². The molecule has 0 aromatic heterocycles. The Morgan fingerprint density at radius 2 is 2.21 bits per heavy atom. The number of aliphatic hydroxyl groups is 2. The van der Waals surface area contributed by atoms with E-state index in [1.807, 2.05) is 31.2 Å². The number of benzene rings is 1. The summed E-state index contributed by atoms with van der Waals surface area (Å²) >= 11 is 0. The van der Waals surface area contributed by atoms with Crippen LogP contribution >= 0.6 is 0 Å². The topological polar surface area (TPSA) is 52.9 Å². The van der Waals surface area contributed by atoms with E-state index >= 15 is 0 Å². The highest BCUT2D eigenvalue weighted by atomic mass is 16.5. The highest BCUT2D eigenvalue weighted by molar-refractivity contribution is 5.31. The van der Waals surface area contributed by atoms with Gasteiger partial charge in [0.1, 0.15) is 18.5 Å². The van der Waals surface area contributed by atoms with Crippen molar-refractivity contribution in [2.45, 2.75) is 31.9 Å². The maximum Gasteiger partial charge on any atom is 0.122 e. The van der Waals surface area contributed by atoms with Crippen LogP contribution in [0, 0.1) is 6.92 Å². The van der Waals surface area contributed by atoms with Crippen LogP contribution in [0.5, 0.6) is 5.75 Å². The molecule has 1 heterocycles. The highest BCUT2D eigenvalue weighted by Gasteiger charge is 2.25. The Hall–Kier alpha value is -1.10. The van der Waals surface area contributed by atoms with Crippen molar-refractivity contribution in [3.63, 3.8) is 0 Å². The van der Waals surface area contributed by atoms with Crippen LogP contribution < -0.4 is 4.74 Å². The molecule has 1 fully saturated rings. The second-order valence-corrected chi connectivity index (χ2v) is 5.20. The minimum atomic E-state index is -0.522. The number of aliphatic hydroxyl groups excluding tert-OH is 2. The van der Waals surface area contributed by atoms with Gasteiger partial charge in [0.05, 0.1) is 6.61 Å². The number of para-hydroxylation sites is 1. The van der Waals surface area contributed by atoms with E-state index in [9.17, 15) is 10.2 Å². The van der Waals surface area contributed by atoms with Crippen molar-refractivity contribution < 1.29 is 14.9 Å². The number of aryl methyl sites for hydroxylation is 1. The highest BCUT2D eigenvalue weighted by Crippen LogP contribution is 2.18. The first-order chi connectivity index (χ1) is 9.20. The minimum Gasteiger partial charge on any atom is -0.491 e. The molecule has 0 amide bonds. The predicted octanol–water partition coefficient (Wildman–Crippen LogP) is 1.19. The van der Waals surface area contributed by atoms with Crippen molar-refractivity contribution in [3.8, 4) is 5.75 Å². The second kappa shape index (κ2) is 6.89. The van der Waals surface area contributed by atoms with E-state index in [1.165, 1.54) is 0 Å². The zero-order valence-corrected chi connectivity index (χ0v) is 11.5. The summed E-state index contributed by atoms with van der Waals surface area (Å²) in [5.74, 6) is 0.821. The van der Waals surface area contributed by atoms with Crippen LogP contribution in [-0.2, 0) is 0 Å². The monoisotopic (exact) mass is 265 g/mol. The first kappa shape index (κ1) is 14.3. The van der Waals surface area contributed by atoms with Gasteiger partial charge in [-0.3, -0.25) is 4.90 Å². The molecule has 1 aromatic rings. The number of ether oxygens (including phenoxy) is 1. The van der Waals surface area contributed by atoms with E-state index in [0.29, 0.717) is 13.2 Å². The first-order valence-corrected chi connectivity index (χ1v) is 6.92. The zero-order valence-electron chi connectivity index (χ0n) is 11.5. The summed E-state index contributed by atoms with van der Waals surface area (Å²) in [6.45, 7) is 3.97. The Bertz CT molecular complexity index is 397. The molecule has 4 heteroatoms. The van der Waals surface area contributed by atoms with Gasteiger partial charge in [-0.15, -0.1) is 0 Å². The summed E-state index contributed by atoms with van der Waals surface area (Å²) in [6.07, 6.45) is 1.59. The van der Waals surface area contributed by atoms with Gasteiger partial charge in [-0.05, 0) is 37.9 Å². The summed E-state index contributed by atoms with van der Waals surface area (Å²) in [6, 6.07) is 8.00. The van der Waals surface area contributed by atoms with Gasteiger partial charge in [-0.2, -0.15) is 0 Å². The predicted molar refractivity (Wildman–Crippen MR) is 74.4 cm³/mol. The third-order valence-electron chi connectivity index (χ3n) is 3.68. The summed E-state index contributed by atoms with van der Waals surface area (Å²) in [5, 5.41) is 19.3. The second-order valence-electron chi connectivity index (χ2n) is 5.20. The lowest BCUT2D eigenvalue weighted by Gasteiger charge is -2.25. The third-order valence-corrected chi connectivity index (χ3v) is 3.68. The fraction of sp³-hybridized carbons (Fsp3) is 0.600. The molecule has 1 aliphatic heterocycles. The molecular weight excluding hydrogens is 242 g/mol. The molecule has 1 aromatic carbocycles. The van der Waals surface area contributed by atoms with Gasteiger partial charge in [0.15, 0.2) is 0 Å². The number of hydrogen-bond acceptors (Lipinski definition) is 4. The molecule has 2 N–H and O–H groups in total. The molecule has 2 atom stereocenters. The molecule has 0 aliphatic carbocycles. The average molecular weight is 265 g/mol. The van der Waals surface area contributed by atoms with Crippen molar-refractivity contribution >= 4 is 0 Å². The van der Waals surface area contributed by atoms with Crippen molar-refractivity contribution in [2.75, 3.05) is 26.3 Å². The SMILES string of the molecule is Cc1ccccc1OCC(O)CN1CCC[C@@H]1CO. The van der Waals surface area contributed by atoms with E-state index in [2.05, 4.69) is 4.90 Å². The maximum absolute atomic E-state index is 10.0. The van der Waals surface area contributed by atoms with E-state index in [1.54, 1.807) is 0 Å². The summed E-state index contributed by atoms with van der Waals surface area (Å²) in [5.41, 5.74) is 1.07. The Labute approximate surface area is 114 Å². The molecule has 1 saturated heterocycles. The van der Waals surface area contributed by atoms with Crippen LogP contribution in [-0.4, -0.2) is 53.6 Å². The number of β-amino-alcohol motifs (C(OH)–C–C–N with tert-alkyl or cyclic N) is 1. The van der Waals surface area contributed by atoms with E-state index in [0.717, 1.165) is 30.7 Å². The standard InChI is InChI=1S/C15H23NO3/c1-12-5-2-3-7-15(12)19-11-14(18)9-16-8-4-6-13(16)10-17/h2-3,5,7,13-14,17-18H,4,6,8-11H2,1H3/t13-,14?/m1/s1. The van der Waals surface area contributed by atoms with Crippen LogP contribution in [0.25, 0.3) is 0 Å². The first-order valence-electron chi connectivity index (χ1n) is 6.92. The van der Waals surface area contributed by atoms with Crippen molar-refractivity contribution in [2.24, 2.45) is 0 Å². The summed E-state index contributed by atoms with van der Waals surface area (Å²) in [7, 11) is 0. The van der Waals surface area contributed by atoms with Crippen LogP contribution in [0.4, 0.5) is 0 Å². The number of likely N-dealkylation sites (tertiary alicyclic amines) is 1. The van der Waals surface area contributed by atoms with Gasteiger partial charge in [-0.25, -0.2) is 0 Å². The molecule has 4 nitrogen and oxygen atoms in total. The van der Waals surface area contributed by atoms with E-state index in [4.69, 9.17) is 4.74 Å². The zero-order chi connectivity index (χ0) is 13.7. The number of rotatable bonds is 6. The van der Waals surface area contributed by atoms with Gasteiger partial charge in [0, 0.05) is 12.6 Å². The molecular formula is C15H23NO3. The van der Waals surface area contributed by atoms with Gasteiger partial charge in [-0.1, -0.05) is 18.2 Å². The van der Waals surface area contributed by atoms with Crippen molar-refractivity contribution in [3.05, 3.63) is 29.8 Å². The molecule has 0 bridgehead atoms. The van der Waals surface area contributed by atoms with Gasteiger partial charge in [0.2, 0.25) is 0 Å². The molecule has 1 unspecified atom stereocenters. The fourth-order valence-electron chi connectivity index (χ4n) is 2.57. The quantitative estimate of drug-likeness (QED) is 0.811. The molecule has 2 rings (SSSR count). The number of nitrogens with zero attached hydrogens (tertiary/aromatic N) is 1.